The van der Waals surface area contributed by atoms with Crippen LogP contribution in [-0.4, -0.2) is 82.4 Å². The van der Waals surface area contributed by atoms with Crippen molar-refractivity contribution >= 4 is 50.1 Å². The lowest BCUT2D eigenvalue weighted by molar-refractivity contribution is -0.388. The maximum atomic E-state index is 14.7. The number of nitro benzene ring substituents is 1. The monoisotopic (exact) mass is 966 g/mol. The summed E-state index contributed by atoms with van der Waals surface area (Å²) in [5.41, 5.74) is 3.05. The van der Waals surface area contributed by atoms with Crippen LogP contribution < -0.4 is 19.1 Å². The zero-order valence-electron chi connectivity index (χ0n) is 38.7. The lowest BCUT2D eigenvalue weighted by Gasteiger charge is -2.56. The fraction of sp³-hybridized carbons (Fsp3) is 0.490. The Bertz CT molecular complexity index is 2850. The van der Waals surface area contributed by atoms with Crippen LogP contribution in [-0.2, 0) is 10.0 Å². The van der Waals surface area contributed by atoms with Gasteiger partial charge in [-0.25, -0.2) is 22.5 Å². The Morgan fingerprint density at radius 1 is 1.07 bits per heavy atom. The number of benzene rings is 3. The van der Waals surface area contributed by atoms with Crippen LogP contribution in [0.4, 0.5) is 15.8 Å². The predicted molar refractivity (Wildman–Crippen MR) is 259 cm³/mol. The van der Waals surface area contributed by atoms with Gasteiger partial charge in [-0.3, -0.25) is 19.8 Å². The molecule has 5 heterocycles. The number of hydrogen-bond acceptors (Lipinski definition) is 12. The first-order valence-electron chi connectivity index (χ1n) is 24.0. The molecule has 360 valence electrons. The molecular weight excluding hydrogens is 908 g/mol. The summed E-state index contributed by atoms with van der Waals surface area (Å²) < 4.78 is 57.0. The number of rotatable bonds is 12. The van der Waals surface area contributed by atoms with Crippen LogP contribution in [0.2, 0.25) is 0 Å². The number of halogens is 1. The molecule has 0 unspecified atom stereocenters. The third-order valence-corrected chi connectivity index (χ3v) is 18.0. The van der Waals surface area contributed by atoms with Gasteiger partial charge in [-0.2, -0.15) is 0 Å². The Hall–Kier alpha value is -5.23. The Labute approximate surface area is 400 Å². The molecule has 10 rings (SSSR count). The normalized spacial score (nSPS) is 24.1. The third-order valence-electron chi connectivity index (χ3n) is 15.4. The van der Waals surface area contributed by atoms with E-state index < -0.39 is 42.9 Å². The van der Waals surface area contributed by atoms with E-state index in [1.165, 1.54) is 79.2 Å². The van der Waals surface area contributed by atoms with Gasteiger partial charge in [0.25, 0.3) is 21.6 Å². The molecule has 0 bridgehead atoms. The van der Waals surface area contributed by atoms with E-state index in [1.54, 1.807) is 12.1 Å². The highest BCUT2D eigenvalue weighted by atomic mass is 32.2. The number of amides is 1. The number of fused-ring (bicyclic) bond motifs is 2. The second-order valence-corrected chi connectivity index (χ2v) is 23.4. The Kier molecular flexibility index (Phi) is 12.5. The average molecular weight is 967 g/mol. The van der Waals surface area contributed by atoms with Crippen LogP contribution in [0.15, 0.2) is 82.8 Å². The number of sulfonamides is 1. The van der Waals surface area contributed by atoms with Crippen LogP contribution in [0.5, 0.6) is 17.2 Å². The molecule has 17 heteroatoms. The largest absolute Gasteiger partial charge is 0.491 e. The quantitative estimate of drug-likeness (QED) is 0.0797. The van der Waals surface area contributed by atoms with Gasteiger partial charge in [0.05, 0.1) is 32.6 Å². The molecular formula is C51H59FN6O8S2. The summed E-state index contributed by atoms with van der Waals surface area (Å²) in [5, 5.41) is 22.9. The van der Waals surface area contributed by atoms with Gasteiger partial charge in [-0.15, -0.1) is 11.8 Å². The minimum absolute atomic E-state index is 0.0295. The number of pyridine rings is 1. The van der Waals surface area contributed by atoms with Crippen molar-refractivity contribution < 1.29 is 37.1 Å². The first-order valence-corrected chi connectivity index (χ1v) is 26.4. The lowest BCUT2D eigenvalue weighted by Crippen LogP contribution is -2.54. The van der Waals surface area contributed by atoms with E-state index in [9.17, 15) is 32.8 Å². The summed E-state index contributed by atoms with van der Waals surface area (Å²) >= 11 is 1.30. The molecule has 5 aromatic rings. The smallest absolute Gasteiger partial charge is 0.288 e. The van der Waals surface area contributed by atoms with E-state index in [4.69, 9.17) is 9.47 Å². The number of anilines is 1. The van der Waals surface area contributed by atoms with E-state index in [2.05, 4.69) is 62.6 Å². The number of nitrogens with zero attached hydrogens (tertiary/aromatic N) is 4. The maximum Gasteiger partial charge on any atom is 0.288 e. The van der Waals surface area contributed by atoms with Gasteiger partial charge in [0, 0.05) is 60.5 Å². The number of aromatic amines is 1. The van der Waals surface area contributed by atoms with E-state index in [0.29, 0.717) is 42.4 Å². The number of carbonyl (C=O) groups excluding carboxylic acids is 1. The van der Waals surface area contributed by atoms with Gasteiger partial charge >= 0.3 is 0 Å². The van der Waals surface area contributed by atoms with Crippen LogP contribution >= 0.6 is 11.8 Å². The van der Waals surface area contributed by atoms with Gasteiger partial charge in [0.15, 0.2) is 0 Å². The number of likely N-dealkylation sites (tertiary alicyclic amines) is 1. The number of aliphatic hydroxyl groups is 1. The molecule has 3 aromatic carbocycles. The number of ether oxygens (including phenoxy) is 2. The molecule has 2 saturated carbocycles. The molecule has 2 saturated heterocycles. The lowest BCUT2D eigenvalue weighted by atomic mass is 9.59. The molecule has 4 fully saturated rings. The third kappa shape index (κ3) is 9.30. The van der Waals surface area contributed by atoms with Gasteiger partial charge in [0.1, 0.15) is 40.2 Å². The van der Waals surface area contributed by atoms with E-state index >= 15 is 0 Å². The fourth-order valence-electron chi connectivity index (χ4n) is 11.6. The van der Waals surface area contributed by atoms with Crippen LogP contribution in [0, 0.1) is 27.3 Å². The molecule has 5 aliphatic rings. The Morgan fingerprint density at radius 3 is 2.59 bits per heavy atom. The molecule has 1 amide bonds. The zero-order valence-corrected chi connectivity index (χ0v) is 40.3. The van der Waals surface area contributed by atoms with Crippen molar-refractivity contribution in [2.75, 3.05) is 31.1 Å². The number of nitro groups is 1. The second kappa shape index (κ2) is 18.3. The molecule has 2 aliphatic carbocycles. The summed E-state index contributed by atoms with van der Waals surface area (Å²) in [6.45, 7) is 9.32. The van der Waals surface area contributed by atoms with Crippen molar-refractivity contribution in [2.24, 2.45) is 11.3 Å². The summed E-state index contributed by atoms with van der Waals surface area (Å²) in [6, 6.07) is 18.6. The molecule has 0 radical (unpaired) electrons. The van der Waals surface area contributed by atoms with Crippen molar-refractivity contribution in [2.45, 2.75) is 130 Å². The van der Waals surface area contributed by atoms with Gasteiger partial charge in [-0.1, -0.05) is 38.1 Å². The molecule has 3 aliphatic heterocycles. The highest BCUT2D eigenvalue weighted by Gasteiger charge is 2.50. The van der Waals surface area contributed by atoms with Crippen LogP contribution in [0.1, 0.15) is 125 Å². The highest BCUT2D eigenvalue weighted by molar-refractivity contribution is 8.00. The number of aromatic nitrogens is 2. The summed E-state index contributed by atoms with van der Waals surface area (Å²) in [5.74, 6) is -0.526. The van der Waals surface area contributed by atoms with Crippen molar-refractivity contribution in [1.82, 2.24) is 19.6 Å². The molecule has 2 aromatic heterocycles. The van der Waals surface area contributed by atoms with Gasteiger partial charge < -0.3 is 24.5 Å². The highest BCUT2D eigenvalue weighted by Crippen LogP contribution is 2.55. The number of thioether (sulfide) groups is 1. The average Bonchev–Trinajstić information content (AvgIpc) is 3.94. The number of hydrogen-bond donors (Lipinski definition) is 3. The number of nitrogens with one attached hydrogen (secondary N) is 2. The molecule has 2 atom stereocenters. The second-order valence-electron chi connectivity index (χ2n) is 20.4. The molecule has 3 N–H and O–H groups in total. The minimum atomic E-state index is -4.69. The summed E-state index contributed by atoms with van der Waals surface area (Å²) in [6.07, 6.45) is 13.1. The SMILES string of the molecule is CC(C)c1ccccc1[C@H]1CCCN1C1CC2(CCN(c3ccc(C(=O)NS(=O)(=O)c4cc5c(c([N+](=O)[O-])c4)S[C@@H](CC4CCC(C)(O)CC4)CO5)c(Oc4cnc5[nH]cc(F)c5c4)c3)CC2)C1. The predicted octanol–water partition coefficient (Wildman–Crippen LogP) is 10.4. The Balaban J connectivity index is 0.853. The topological polar surface area (TPSA) is 180 Å². The first-order chi connectivity index (χ1) is 32.5. The van der Waals surface area contributed by atoms with Crippen molar-refractivity contribution in [3.63, 3.8) is 0 Å². The van der Waals surface area contributed by atoms with Crippen LogP contribution in [0.3, 0.4) is 0 Å². The summed E-state index contributed by atoms with van der Waals surface area (Å²) in [7, 11) is -4.69. The van der Waals surface area contributed by atoms with Gasteiger partial charge in [0.2, 0.25) is 0 Å². The number of carbonyl (C=O) groups is 1. The maximum absolute atomic E-state index is 14.7. The summed E-state index contributed by atoms with van der Waals surface area (Å²) in [4.78, 5) is 37.7. The Morgan fingerprint density at radius 2 is 1.84 bits per heavy atom. The standard InChI is InChI=1S/C51H59FN6O8S2/c1-31(2)38-7-4-5-8-39(38)43-9-6-18-57(43)34-26-51(27-34)16-19-56(20-17-51)33-10-11-40(45(22-33)66-35-23-41-42(52)29-54-48(41)53-28-35)49(59)55-68(63,64)37-24-44(58(61)62)47-46(25-37)65-30-36(67-47)21-32-12-14-50(3,60)15-13-32/h4-5,7-8,10-11,22-25,28-29,31-32,34,36,43,60H,6,9,12-21,26-27,30H2,1-3H3,(H,53,54)(H,55,59)/t32?,36-,43+,50?/m0/s1. The number of H-pyrrole nitrogens is 1. The molecule has 14 nitrogen and oxygen atoms in total. The van der Waals surface area contributed by atoms with Crippen molar-refractivity contribution in [1.29, 1.82) is 0 Å². The number of piperidine rings is 1. The van der Waals surface area contributed by atoms with Crippen molar-refractivity contribution in [3.8, 4) is 17.2 Å². The van der Waals surface area contributed by atoms with Crippen LogP contribution in [0.25, 0.3) is 11.0 Å². The van der Waals surface area contributed by atoms with E-state index in [0.717, 1.165) is 63.5 Å². The van der Waals surface area contributed by atoms with E-state index in [-0.39, 0.29) is 50.4 Å². The van der Waals surface area contributed by atoms with Gasteiger partial charge in [-0.05, 0) is 131 Å². The minimum Gasteiger partial charge on any atom is -0.491 e. The van der Waals surface area contributed by atoms with E-state index in [1.807, 2.05) is 6.92 Å². The zero-order chi connectivity index (χ0) is 47.5. The molecule has 68 heavy (non-hydrogen) atoms. The first kappa shape index (κ1) is 46.5. The fourth-order valence-corrected chi connectivity index (χ4v) is 13.9. The van der Waals surface area contributed by atoms with Crippen molar-refractivity contribution in [3.05, 3.63) is 106 Å². The molecule has 1 spiro atoms.